The molecule has 0 aliphatic carbocycles. The number of thiophene rings is 2. The summed E-state index contributed by atoms with van der Waals surface area (Å²) in [4.78, 5) is 45.7. The van der Waals surface area contributed by atoms with Gasteiger partial charge in [-0.15, -0.1) is 22.7 Å². The number of nitrogens with zero attached hydrogens (tertiary/aromatic N) is 3. The molecule has 160 valence electrons. The Hall–Kier alpha value is -2.52. The lowest BCUT2D eigenvalue weighted by Crippen LogP contribution is -2.47. The van der Waals surface area contributed by atoms with Gasteiger partial charge < -0.3 is 9.64 Å². The zero-order valence-corrected chi connectivity index (χ0v) is 19.3. The molecular formula is C21H25N3O4S2. The van der Waals surface area contributed by atoms with Gasteiger partial charge in [0.25, 0.3) is 11.5 Å². The molecule has 0 saturated heterocycles. The molecule has 3 aromatic rings. The van der Waals surface area contributed by atoms with Crippen LogP contribution < -0.4 is 5.56 Å². The van der Waals surface area contributed by atoms with Crippen LogP contribution in [-0.2, 0) is 20.9 Å². The first-order valence-electron chi connectivity index (χ1n) is 9.72. The lowest BCUT2D eigenvalue weighted by Gasteiger charge is -2.32. The highest BCUT2D eigenvalue weighted by atomic mass is 32.1. The smallest absolute Gasteiger partial charge is 0.326 e. The SMILES string of the molecule is CC(OC(=O)Cn1cnc2scc(-c3cccs3)c2c1=O)C(=O)N(C(C)C)C(C)C. The van der Waals surface area contributed by atoms with Gasteiger partial charge in [0.05, 0.1) is 11.7 Å². The van der Waals surface area contributed by atoms with Gasteiger partial charge in [-0.05, 0) is 46.1 Å². The fourth-order valence-electron chi connectivity index (χ4n) is 3.43. The summed E-state index contributed by atoms with van der Waals surface area (Å²) in [6.07, 6.45) is 0.416. The van der Waals surface area contributed by atoms with Gasteiger partial charge in [0, 0.05) is 27.9 Å². The number of hydrogen-bond donors (Lipinski definition) is 0. The number of aromatic nitrogens is 2. The second-order valence-electron chi connectivity index (χ2n) is 7.55. The molecule has 0 aliphatic heterocycles. The Morgan fingerprint density at radius 2 is 1.87 bits per heavy atom. The number of rotatable bonds is 7. The molecule has 9 heteroatoms. The van der Waals surface area contributed by atoms with Crippen LogP contribution in [0.3, 0.4) is 0 Å². The first-order valence-corrected chi connectivity index (χ1v) is 11.5. The van der Waals surface area contributed by atoms with Crippen molar-refractivity contribution >= 4 is 44.8 Å². The van der Waals surface area contributed by atoms with Crippen molar-refractivity contribution in [3.63, 3.8) is 0 Å². The van der Waals surface area contributed by atoms with Gasteiger partial charge >= 0.3 is 5.97 Å². The van der Waals surface area contributed by atoms with Crippen LogP contribution in [0.2, 0.25) is 0 Å². The van der Waals surface area contributed by atoms with Gasteiger partial charge in [-0.2, -0.15) is 0 Å². The topological polar surface area (TPSA) is 81.5 Å². The fourth-order valence-corrected chi connectivity index (χ4v) is 5.15. The Bertz CT molecular complexity index is 1090. The molecule has 3 rings (SSSR count). The number of fused-ring (bicyclic) bond motifs is 1. The van der Waals surface area contributed by atoms with Crippen molar-refractivity contribution in [1.82, 2.24) is 14.5 Å². The monoisotopic (exact) mass is 447 g/mol. The van der Waals surface area contributed by atoms with Crippen LogP contribution in [0.25, 0.3) is 20.7 Å². The summed E-state index contributed by atoms with van der Waals surface area (Å²) in [5.41, 5.74) is 0.518. The highest BCUT2D eigenvalue weighted by Gasteiger charge is 2.28. The summed E-state index contributed by atoms with van der Waals surface area (Å²) in [6, 6.07) is 3.84. The molecule has 0 radical (unpaired) electrons. The summed E-state index contributed by atoms with van der Waals surface area (Å²) in [5, 5.41) is 4.34. The molecule has 7 nitrogen and oxygen atoms in total. The van der Waals surface area contributed by atoms with Crippen molar-refractivity contribution in [3.8, 4) is 10.4 Å². The Kier molecular flexibility index (Phi) is 6.72. The minimum atomic E-state index is -0.933. The van der Waals surface area contributed by atoms with Crippen LogP contribution in [0.15, 0.2) is 34.0 Å². The van der Waals surface area contributed by atoms with Gasteiger partial charge in [-0.25, -0.2) is 4.98 Å². The molecule has 0 N–H and O–H groups in total. The predicted octanol–water partition coefficient (Wildman–Crippen LogP) is 3.76. The third-order valence-electron chi connectivity index (χ3n) is 4.67. The maximum atomic E-state index is 13.0. The van der Waals surface area contributed by atoms with E-state index in [0.29, 0.717) is 10.2 Å². The largest absolute Gasteiger partial charge is 0.451 e. The molecule has 1 unspecified atom stereocenters. The number of carbonyl (C=O) groups is 2. The number of esters is 1. The van der Waals surface area contributed by atoms with Gasteiger partial charge in [-0.1, -0.05) is 6.07 Å². The van der Waals surface area contributed by atoms with Gasteiger partial charge in [-0.3, -0.25) is 19.0 Å². The molecule has 0 fully saturated rings. The lowest BCUT2D eigenvalue weighted by molar-refractivity contribution is -0.161. The van der Waals surface area contributed by atoms with E-state index in [9.17, 15) is 14.4 Å². The number of carbonyl (C=O) groups excluding carboxylic acids is 2. The summed E-state index contributed by atoms with van der Waals surface area (Å²) in [7, 11) is 0. The molecule has 1 amide bonds. The second kappa shape index (κ2) is 9.09. The number of amides is 1. The van der Waals surface area contributed by atoms with Crippen LogP contribution in [0, 0.1) is 0 Å². The third kappa shape index (κ3) is 4.46. The van der Waals surface area contributed by atoms with Crippen molar-refractivity contribution in [1.29, 1.82) is 0 Å². The minimum absolute atomic E-state index is 0.0119. The molecule has 1 atom stereocenters. The predicted molar refractivity (Wildman–Crippen MR) is 120 cm³/mol. The zero-order chi connectivity index (χ0) is 22.0. The Morgan fingerprint density at radius 1 is 1.17 bits per heavy atom. The number of hydrogen-bond acceptors (Lipinski definition) is 7. The third-order valence-corrected chi connectivity index (χ3v) is 6.46. The van der Waals surface area contributed by atoms with E-state index in [1.807, 2.05) is 50.6 Å². The van der Waals surface area contributed by atoms with Crippen molar-refractivity contribution in [3.05, 3.63) is 39.6 Å². The van der Waals surface area contributed by atoms with E-state index in [1.54, 1.807) is 11.8 Å². The van der Waals surface area contributed by atoms with E-state index < -0.39 is 12.1 Å². The van der Waals surface area contributed by atoms with E-state index >= 15 is 0 Å². The van der Waals surface area contributed by atoms with Crippen LogP contribution in [0.1, 0.15) is 34.6 Å². The maximum absolute atomic E-state index is 13.0. The lowest BCUT2D eigenvalue weighted by atomic mass is 10.2. The van der Waals surface area contributed by atoms with E-state index in [4.69, 9.17) is 4.74 Å². The standard InChI is InChI=1S/C21H25N3O4S2/c1-12(2)24(13(3)4)20(26)14(5)28-17(25)9-23-11-22-19-18(21(23)27)15(10-30-19)16-7-6-8-29-16/h6-8,10-14H,9H2,1-5H3. The van der Waals surface area contributed by atoms with Crippen molar-refractivity contribution in [2.24, 2.45) is 0 Å². The number of ether oxygens (including phenoxy) is 1. The first kappa shape index (κ1) is 22.2. The molecule has 0 aliphatic rings. The Morgan fingerprint density at radius 3 is 2.47 bits per heavy atom. The van der Waals surface area contributed by atoms with Crippen molar-refractivity contribution in [2.45, 2.75) is 59.4 Å². The van der Waals surface area contributed by atoms with Crippen LogP contribution in [0.5, 0.6) is 0 Å². The molecule has 3 aromatic heterocycles. The van der Waals surface area contributed by atoms with Crippen LogP contribution in [0.4, 0.5) is 0 Å². The molecule has 3 heterocycles. The van der Waals surface area contributed by atoms with E-state index in [1.165, 1.54) is 33.6 Å². The molecule has 30 heavy (non-hydrogen) atoms. The zero-order valence-electron chi connectivity index (χ0n) is 17.6. The molecule has 0 aromatic carbocycles. The van der Waals surface area contributed by atoms with Gasteiger partial charge in [0.2, 0.25) is 0 Å². The average molecular weight is 448 g/mol. The maximum Gasteiger partial charge on any atom is 0.326 e. The first-order chi connectivity index (χ1) is 14.2. The summed E-state index contributed by atoms with van der Waals surface area (Å²) < 4.78 is 6.57. The quantitative estimate of drug-likeness (QED) is 0.515. The highest BCUT2D eigenvalue weighted by molar-refractivity contribution is 7.18. The molecule has 0 bridgehead atoms. The molecular weight excluding hydrogens is 422 g/mol. The minimum Gasteiger partial charge on any atom is -0.451 e. The van der Waals surface area contributed by atoms with E-state index in [0.717, 1.165) is 10.4 Å². The normalized spacial score (nSPS) is 12.5. The van der Waals surface area contributed by atoms with E-state index in [-0.39, 0.29) is 30.1 Å². The summed E-state index contributed by atoms with van der Waals surface area (Å²) in [5.74, 6) is -0.911. The average Bonchev–Trinajstić information content (AvgIpc) is 3.32. The van der Waals surface area contributed by atoms with Crippen LogP contribution in [-0.4, -0.2) is 44.5 Å². The van der Waals surface area contributed by atoms with Crippen molar-refractivity contribution in [2.75, 3.05) is 0 Å². The fraction of sp³-hybridized carbons (Fsp3) is 0.429. The molecule has 0 spiro atoms. The van der Waals surface area contributed by atoms with Crippen molar-refractivity contribution < 1.29 is 14.3 Å². The van der Waals surface area contributed by atoms with E-state index in [2.05, 4.69) is 4.98 Å². The Labute approximate surface area is 182 Å². The Balaban J connectivity index is 1.79. The van der Waals surface area contributed by atoms with Gasteiger partial charge in [0.1, 0.15) is 11.4 Å². The van der Waals surface area contributed by atoms with Gasteiger partial charge in [0.15, 0.2) is 6.10 Å². The summed E-state index contributed by atoms with van der Waals surface area (Å²) >= 11 is 2.93. The summed E-state index contributed by atoms with van der Waals surface area (Å²) in [6.45, 7) is 8.91. The molecule has 0 saturated carbocycles. The second-order valence-corrected chi connectivity index (χ2v) is 9.36. The highest BCUT2D eigenvalue weighted by Crippen LogP contribution is 2.33. The van der Waals surface area contributed by atoms with Crippen LogP contribution >= 0.6 is 22.7 Å².